The number of epoxide rings is 1. The molecule has 29 heavy (non-hydrogen) atoms. The van der Waals surface area contributed by atoms with Crippen LogP contribution in [0, 0.1) is 23.2 Å². The number of ether oxygens (including phenoxy) is 2. The molecule has 4 aliphatic heterocycles. The molecule has 0 aliphatic carbocycles. The molecule has 0 radical (unpaired) electrons. The smallest absolute Gasteiger partial charge is 0.240 e. The first-order valence-corrected chi connectivity index (χ1v) is 9.74. The lowest BCUT2D eigenvalue weighted by Crippen LogP contribution is -2.47. The molecule has 4 saturated heterocycles. The van der Waals surface area contributed by atoms with Crippen molar-refractivity contribution in [2.24, 2.45) is 11.8 Å². The van der Waals surface area contributed by atoms with Gasteiger partial charge in [0.25, 0.3) is 0 Å². The van der Waals surface area contributed by atoms with Crippen molar-refractivity contribution in [1.82, 2.24) is 0 Å². The molecule has 2 aromatic carbocycles. The van der Waals surface area contributed by atoms with Gasteiger partial charge < -0.3 is 14.6 Å². The highest BCUT2D eigenvalue weighted by molar-refractivity contribution is 6.26. The van der Waals surface area contributed by atoms with Crippen molar-refractivity contribution in [3.05, 3.63) is 42.0 Å². The number of nitriles is 1. The lowest BCUT2D eigenvalue weighted by molar-refractivity contribution is -0.146. The largest absolute Gasteiger partial charge is 0.396 e. The highest BCUT2D eigenvalue weighted by Gasteiger charge is 2.86. The number of aliphatic hydroxyl groups is 1. The van der Waals surface area contributed by atoms with E-state index >= 15 is 0 Å². The average Bonchev–Trinajstić information content (AvgIpc) is 3.38. The van der Waals surface area contributed by atoms with Gasteiger partial charge in [0, 0.05) is 23.8 Å². The second-order valence-corrected chi connectivity index (χ2v) is 8.45. The van der Waals surface area contributed by atoms with Gasteiger partial charge in [0.05, 0.1) is 29.2 Å². The number of carbonyl (C=O) groups is 2. The van der Waals surface area contributed by atoms with Gasteiger partial charge in [0.15, 0.2) is 0 Å². The van der Waals surface area contributed by atoms with Crippen molar-refractivity contribution in [2.75, 3.05) is 11.5 Å². The zero-order valence-electron chi connectivity index (χ0n) is 15.7. The fraction of sp³-hybridized carbons (Fsp3) is 0.409. The van der Waals surface area contributed by atoms with E-state index in [2.05, 4.69) is 6.07 Å². The number of amides is 2. The molecule has 6 atom stereocenters. The fourth-order valence-corrected chi connectivity index (χ4v) is 6.00. The molecule has 0 spiro atoms. The van der Waals surface area contributed by atoms with E-state index in [9.17, 15) is 20.0 Å². The first-order valence-electron chi connectivity index (χ1n) is 9.74. The number of anilines is 1. The van der Waals surface area contributed by atoms with Crippen LogP contribution in [0.4, 0.5) is 5.69 Å². The van der Waals surface area contributed by atoms with Crippen LogP contribution in [0.3, 0.4) is 0 Å². The summed E-state index contributed by atoms with van der Waals surface area (Å²) in [5.74, 6) is -1.93. The maximum absolute atomic E-state index is 13.6. The molecule has 7 nitrogen and oxygen atoms in total. The number of carbonyl (C=O) groups excluding carboxylic acids is 2. The summed E-state index contributed by atoms with van der Waals surface area (Å²) in [5.41, 5.74) is -0.844. The first kappa shape index (κ1) is 17.1. The van der Waals surface area contributed by atoms with E-state index in [1.54, 1.807) is 12.1 Å². The molecule has 4 aliphatic rings. The van der Waals surface area contributed by atoms with E-state index in [4.69, 9.17) is 9.47 Å². The highest BCUT2D eigenvalue weighted by Crippen LogP contribution is 2.69. The zero-order valence-corrected chi connectivity index (χ0v) is 15.7. The van der Waals surface area contributed by atoms with Crippen molar-refractivity contribution in [3.63, 3.8) is 0 Å². The molecular formula is C22H18N2O5. The number of aliphatic hydroxyl groups excluding tert-OH is 1. The van der Waals surface area contributed by atoms with Gasteiger partial charge in [0.1, 0.15) is 23.4 Å². The Hall–Kier alpha value is -2.79. The van der Waals surface area contributed by atoms with Gasteiger partial charge in [-0.2, -0.15) is 5.26 Å². The van der Waals surface area contributed by atoms with Crippen LogP contribution in [0.15, 0.2) is 36.4 Å². The van der Waals surface area contributed by atoms with Crippen molar-refractivity contribution >= 4 is 28.3 Å². The molecule has 146 valence electrons. The van der Waals surface area contributed by atoms with Crippen LogP contribution in [0.25, 0.3) is 10.8 Å². The molecule has 2 amide bonds. The Morgan fingerprint density at radius 3 is 2.55 bits per heavy atom. The molecule has 4 fully saturated rings. The Balaban J connectivity index is 1.52. The average molecular weight is 390 g/mol. The van der Waals surface area contributed by atoms with Crippen molar-refractivity contribution in [2.45, 2.75) is 36.8 Å². The molecule has 7 heteroatoms. The van der Waals surface area contributed by atoms with E-state index in [0.717, 1.165) is 0 Å². The van der Waals surface area contributed by atoms with Gasteiger partial charge in [-0.15, -0.1) is 0 Å². The topological polar surface area (TPSA) is 103 Å². The summed E-state index contributed by atoms with van der Waals surface area (Å²) in [5, 5.41) is 20.4. The third-order valence-corrected chi connectivity index (χ3v) is 7.16. The quantitative estimate of drug-likeness (QED) is 0.629. The van der Waals surface area contributed by atoms with E-state index < -0.39 is 23.0 Å². The van der Waals surface area contributed by atoms with Crippen LogP contribution < -0.4 is 4.90 Å². The first-order chi connectivity index (χ1) is 14.0. The number of imide groups is 1. The summed E-state index contributed by atoms with van der Waals surface area (Å²) in [6, 6.07) is 12.7. The summed E-state index contributed by atoms with van der Waals surface area (Å²) in [7, 11) is 0. The predicted molar refractivity (Wildman–Crippen MR) is 101 cm³/mol. The highest BCUT2D eigenvalue weighted by atomic mass is 16.7. The molecular weight excluding hydrogens is 372 g/mol. The summed E-state index contributed by atoms with van der Waals surface area (Å²) >= 11 is 0. The number of hydrogen-bond donors (Lipinski definition) is 1. The third-order valence-electron chi connectivity index (χ3n) is 7.16. The van der Waals surface area contributed by atoms with Crippen LogP contribution in [-0.4, -0.2) is 46.9 Å². The summed E-state index contributed by atoms with van der Waals surface area (Å²) in [4.78, 5) is 28.4. The second kappa shape index (κ2) is 5.22. The number of hydrogen-bond acceptors (Lipinski definition) is 6. The minimum Gasteiger partial charge on any atom is -0.396 e. The van der Waals surface area contributed by atoms with Gasteiger partial charge in [-0.3, -0.25) is 9.59 Å². The molecule has 4 heterocycles. The Bertz CT molecular complexity index is 1160. The van der Waals surface area contributed by atoms with E-state index in [0.29, 0.717) is 22.0 Å². The molecule has 0 aromatic heterocycles. The van der Waals surface area contributed by atoms with E-state index in [-0.39, 0.29) is 37.0 Å². The van der Waals surface area contributed by atoms with Crippen molar-refractivity contribution < 1.29 is 24.2 Å². The van der Waals surface area contributed by atoms with Gasteiger partial charge in [-0.1, -0.05) is 24.3 Å². The standard InChI is InChI=1S/C22H18N2O5/c1-21-15-16(22(29-21,8-9-25)18-17(21)28-18)20(27)24(19(15)26)14-7-6-11(10-23)12-4-2-3-5-13(12)14/h2-7,15-18,25H,8-9H2,1H3/t15-,16+,17-,18+,21+,22-/m1/s1. The van der Waals surface area contributed by atoms with E-state index in [1.165, 1.54) is 4.90 Å². The van der Waals surface area contributed by atoms with Crippen LogP contribution in [0.2, 0.25) is 0 Å². The maximum Gasteiger partial charge on any atom is 0.240 e. The fourth-order valence-electron chi connectivity index (χ4n) is 6.00. The minimum atomic E-state index is -0.956. The summed E-state index contributed by atoms with van der Waals surface area (Å²) < 4.78 is 12.0. The Kier molecular flexibility index (Phi) is 3.08. The minimum absolute atomic E-state index is 0.146. The molecule has 2 aromatic rings. The number of nitrogens with zero attached hydrogens (tertiary/aromatic N) is 2. The normalized spacial score (nSPS) is 39.0. The molecule has 0 unspecified atom stereocenters. The Morgan fingerprint density at radius 1 is 1.10 bits per heavy atom. The Morgan fingerprint density at radius 2 is 1.83 bits per heavy atom. The summed E-state index contributed by atoms with van der Waals surface area (Å²) in [6.45, 7) is 1.69. The molecule has 1 N–H and O–H groups in total. The number of fused-ring (bicyclic) bond motifs is 9. The van der Waals surface area contributed by atoms with Crippen LogP contribution in [0.1, 0.15) is 18.9 Å². The van der Waals surface area contributed by atoms with Gasteiger partial charge >= 0.3 is 0 Å². The second-order valence-electron chi connectivity index (χ2n) is 8.45. The monoisotopic (exact) mass is 390 g/mol. The SMILES string of the molecule is C[C@]12O[C@](CCO)([C@@H]3C(=O)N(c4ccc(C#N)c5ccccc45)C(=O)[C@@H]31)[C@H]1O[C@H]12. The number of benzene rings is 2. The van der Waals surface area contributed by atoms with Crippen molar-refractivity contribution in [3.8, 4) is 6.07 Å². The molecule has 0 saturated carbocycles. The molecule has 6 rings (SSSR count). The lowest BCUT2D eigenvalue weighted by atomic mass is 9.67. The lowest BCUT2D eigenvalue weighted by Gasteiger charge is -2.30. The Labute approximate surface area is 166 Å². The van der Waals surface area contributed by atoms with Gasteiger partial charge in [0.2, 0.25) is 11.8 Å². The molecule has 2 bridgehead atoms. The van der Waals surface area contributed by atoms with E-state index in [1.807, 2.05) is 31.2 Å². The van der Waals surface area contributed by atoms with Gasteiger partial charge in [-0.05, 0) is 19.1 Å². The van der Waals surface area contributed by atoms with Crippen LogP contribution in [-0.2, 0) is 19.1 Å². The maximum atomic E-state index is 13.6. The number of rotatable bonds is 3. The van der Waals surface area contributed by atoms with Gasteiger partial charge in [-0.25, -0.2) is 4.90 Å². The van der Waals surface area contributed by atoms with Crippen LogP contribution in [0.5, 0.6) is 0 Å². The van der Waals surface area contributed by atoms with Crippen LogP contribution >= 0.6 is 0 Å². The predicted octanol–water partition coefficient (Wildman–Crippen LogP) is 1.51. The third kappa shape index (κ3) is 1.79. The summed E-state index contributed by atoms with van der Waals surface area (Å²) in [6.07, 6.45) is -0.216. The zero-order chi connectivity index (χ0) is 20.1. The van der Waals surface area contributed by atoms with Crippen molar-refractivity contribution in [1.29, 1.82) is 5.26 Å².